The van der Waals surface area contributed by atoms with Gasteiger partial charge in [0, 0.05) is 29.4 Å². The first-order valence-electron chi connectivity index (χ1n) is 8.67. The van der Waals surface area contributed by atoms with Crippen molar-refractivity contribution in [3.05, 3.63) is 57.6 Å². The molecular formula is C19H20Cl2N2O3S. The lowest BCUT2D eigenvalue weighted by Gasteiger charge is -2.26. The van der Waals surface area contributed by atoms with Crippen LogP contribution in [-0.2, 0) is 10.0 Å². The summed E-state index contributed by atoms with van der Waals surface area (Å²) in [7, 11) is -3.74. The van der Waals surface area contributed by atoms with E-state index in [1.165, 1.54) is 22.5 Å². The maximum atomic E-state index is 12.9. The number of sulfonamides is 1. The molecule has 144 valence electrons. The Bertz CT molecular complexity index is 971. The summed E-state index contributed by atoms with van der Waals surface area (Å²) in [5.41, 5.74) is 1.53. The number of anilines is 1. The van der Waals surface area contributed by atoms with Crippen molar-refractivity contribution in [1.82, 2.24) is 4.31 Å². The lowest BCUT2D eigenvalue weighted by atomic mass is 10.1. The van der Waals surface area contributed by atoms with E-state index in [0.717, 1.165) is 24.8 Å². The Kier molecular flexibility index (Phi) is 6.11. The molecule has 0 unspecified atom stereocenters. The molecule has 1 fully saturated rings. The van der Waals surface area contributed by atoms with Crippen molar-refractivity contribution >= 4 is 44.8 Å². The van der Waals surface area contributed by atoms with E-state index in [9.17, 15) is 13.2 Å². The summed E-state index contributed by atoms with van der Waals surface area (Å²) in [6, 6.07) is 9.49. The van der Waals surface area contributed by atoms with Gasteiger partial charge in [-0.05, 0) is 55.7 Å². The van der Waals surface area contributed by atoms with Gasteiger partial charge in [-0.25, -0.2) is 8.42 Å². The quantitative estimate of drug-likeness (QED) is 0.767. The van der Waals surface area contributed by atoms with E-state index in [4.69, 9.17) is 23.2 Å². The van der Waals surface area contributed by atoms with Gasteiger partial charge in [-0.1, -0.05) is 35.7 Å². The fraction of sp³-hybridized carbons (Fsp3) is 0.316. The van der Waals surface area contributed by atoms with E-state index in [1.807, 2.05) is 0 Å². The second-order valence-electron chi connectivity index (χ2n) is 6.48. The predicted octanol–water partition coefficient (Wildman–Crippen LogP) is 4.73. The fourth-order valence-electron chi connectivity index (χ4n) is 3.02. The number of hydrogen-bond donors (Lipinski definition) is 1. The van der Waals surface area contributed by atoms with E-state index in [2.05, 4.69) is 5.32 Å². The Morgan fingerprint density at radius 2 is 1.74 bits per heavy atom. The number of piperidine rings is 1. The maximum absolute atomic E-state index is 12.9. The van der Waals surface area contributed by atoms with Crippen molar-refractivity contribution in [1.29, 1.82) is 0 Å². The smallest absolute Gasteiger partial charge is 0.255 e. The highest BCUT2D eigenvalue weighted by Crippen LogP contribution is 2.29. The van der Waals surface area contributed by atoms with Crippen LogP contribution < -0.4 is 5.32 Å². The largest absolute Gasteiger partial charge is 0.322 e. The van der Waals surface area contributed by atoms with Crippen LogP contribution in [0.5, 0.6) is 0 Å². The molecule has 0 spiro atoms. The third kappa shape index (κ3) is 4.29. The zero-order chi connectivity index (χ0) is 19.6. The van der Waals surface area contributed by atoms with Gasteiger partial charge in [0.2, 0.25) is 10.0 Å². The van der Waals surface area contributed by atoms with E-state index < -0.39 is 15.9 Å². The van der Waals surface area contributed by atoms with Crippen LogP contribution in [0, 0.1) is 6.92 Å². The van der Waals surface area contributed by atoms with E-state index in [1.54, 1.807) is 25.1 Å². The minimum absolute atomic E-state index is 0.0402. The number of rotatable bonds is 4. The molecular weight excluding hydrogens is 407 g/mol. The monoisotopic (exact) mass is 426 g/mol. The van der Waals surface area contributed by atoms with E-state index in [0.29, 0.717) is 23.8 Å². The molecule has 1 aliphatic heterocycles. The summed E-state index contributed by atoms with van der Waals surface area (Å²) in [5, 5.41) is 3.42. The van der Waals surface area contributed by atoms with Crippen LogP contribution in [0.25, 0.3) is 0 Å². The van der Waals surface area contributed by atoms with Crippen molar-refractivity contribution in [3.8, 4) is 0 Å². The zero-order valence-electron chi connectivity index (χ0n) is 14.8. The summed E-state index contributed by atoms with van der Waals surface area (Å²) >= 11 is 12.2. The minimum Gasteiger partial charge on any atom is -0.322 e. The molecule has 27 heavy (non-hydrogen) atoms. The van der Waals surface area contributed by atoms with Gasteiger partial charge in [-0.15, -0.1) is 0 Å². The fourth-order valence-corrected chi connectivity index (χ4v) is 5.22. The van der Waals surface area contributed by atoms with Gasteiger partial charge in [-0.2, -0.15) is 4.31 Å². The van der Waals surface area contributed by atoms with Gasteiger partial charge in [-0.3, -0.25) is 4.79 Å². The van der Waals surface area contributed by atoms with Gasteiger partial charge in [0.15, 0.2) is 0 Å². The Morgan fingerprint density at radius 1 is 1.04 bits per heavy atom. The second-order valence-corrected chi connectivity index (χ2v) is 9.20. The SMILES string of the molecule is Cc1c(Cl)cccc1NC(=O)c1ccc(Cl)c(S(=O)(=O)N2CCCCC2)c1. The second kappa shape index (κ2) is 8.19. The standard InChI is InChI=1S/C19H20Cl2N2O3S/c1-13-15(20)6-5-7-17(13)22-19(24)14-8-9-16(21)18(12-14)27(25,26)23-10-3-2-4-11-23/h5-9,12H,2-4,10-11H2,1H3,(H,22,24). The summed E-state index contributed by atoms with van der Waals surface area (Å²) in [6.07, 6.45) is 2.66. The first-order valence-corrected chi connectivity index (χ1v) is 10.9. The van der Waals surface area contributed by atoms with E-state index >= 15 is 0 Å². The van der Waals surface area contributed by atoms with Gasteiger partial charge in [0.25, 0.3) is 5.91 Å². The first kappa shape index (κ1) is 20.1. The molecule has 1 amide bonds. The van der Waals surface area contributed by atoms with Crippen molar-refractivity contribution in [3.63, 3.8) is 0 Å². The molecule has 3 rings (SSSR count). The third-order valence-corrected chi connectivity index (χ3v) is 7.43. The zero-order valence-corrected chi connectivity index (χ0v) is 17.2. The number of halogens is 2. The Balaban J connectivity index is 1.90. The number of amides is 1. The van der Waals surface area contributed by atoms with Crippen LogP contribution in [0.4, 0.5) is 5.69 Å². The number of hydrogen-bond acceptors (Lipinski definition) is 3. The molecule has 0 aromatic heterocycles. The van der Waals surface area contributed by atoms with E-state index in [-0.39, 0.29) is 15.5 Å². The molecule has 2 aromatic carbocycles. The van der Waals surface area contributed by atoms with Crippen molar-refractivity contribution in [2.75, 3.05) is 18.4 Å². The van der Waals surface area contributed by atoms with Crippen LogP contribution in [-0.4, -0.2) is 31.7 Å². The topological polar surface area (TPSA) is 66.5 Å². The molecule has 0 atom stereocenters. The molecule has 0 saturated carbocycles. The van der Waals surface area contributed by atoms with Gasteiger partial charge < -0.3 is 5.32 Å². The van der Waals surface area contributed by atoms with Crippen LogP contribution in [0.15, 0.2) is 41.3 Å². The van der Waals surface area contributed by atoms with Gasteiger partial charge in [0.1, 0.15) is 4.90 Å². The molecule has 1 heterocycles. The molecule has 5 nitrogen and oxygen atoms in total. The number of carbonyl (C=O) groups is 1. The third-order valence-electron chi connectivity index (χ3n) is 4.64. The summed E-state index contributed by atoms with van der Waals surface area (Å²) in [5.74, 6) is -0.424. The molecule has 0 bridgehead atoms. The number of benzene rings is 2. The van der Waals surface area contributed by atoms with Crippen molar-refractivity contribution < 1.29 is 13.2 Å². The first-order chi connectivity index (χ1) is 12.8. The lowest BCUT2D eigenvalue weighted by Crippen LogP contribution is -2.35. The highest BCUT2D eigenvalue weighted by molar-refractivity contribution is 7.89. The molecule has 1 N–H and O–H groups in total. The van der Waals surface area contributed by atoms with Crippen LogP contribution in [0.3, 0.4) is 0 Å². The maximum Gasteiger partial charge on any atom is 0.255 e. The minimum atomic E-state index is -3.74. The normalized spacial score (nSPS) is 15.5. The number of nitrogens with one attached hydrogen (secondary N) is 1. The Hall–Kier alpha value is -1.60. The van der Waals surface area contributed by atoms with Gasteiger partial charge in [0.05, 0.1) is 5.02 Å². The molecule has 1 aliphatic rings. The van der Waals surface area contributed by atoms with Crippen molar-refractivity contribution in [2.45, 2.75) is 31.1 Å². The highest BCUT2D eigenvalue weighted by Gasteiger charge is 2.28. The molecule has 2 aromatic rings. The summed E-state index contributed by atoms with van der Waals surface area (Å²) in [6.45, 7) is 2.74. The lowest BCUT2D eigenvalue weighted by molar-refractivity contribution is 0.102. The van der Waals surface area contributed by atoms with Gasteiger partial charge >= 0.3 is 0 Å². The molecule has 0 radical (unpaired) electrons. The average molecular weight is 427 g/mol. The van der Waals surface area contributed by atoms with Crippen LogP contribution >= 0.6 is 23.2 Å². The number of nitrogens with zero attached hydrogens (tertiary/aromatic N) is 1. The Morgan fingerprint density at radius 3 is 2.44 bits per heavy atom. The number of carbonyl (C=O) groups excluding carboxylic acids is 1. The Labute approximate surface area is 169 Å². The molecule has 8 heteroatoms. The summed E-state index contributed by atoms with van der Waals surface area (Å²) < 4.78 is 27.3. The van der Waals surface area contributed by atoms with Crippen molar-refractivity contribution in [2.24, 2.45) is 0 Å². The highest BCUT2D eigenvalue weighted by atomic mass is 35.5. The average Bonchev–Trinajstić information content (AvgIpc) is 2.66. The van der Waals surface area contributed by atoms with Crippen LogP contribution in [0.2, 0.25) is 10.0 Å². The summed E-state index contributed by atoms with van der Waals surface area (Å²) in [4.78, 5) is 12.6. The molecule has 0 aliphatic carbocycles. The molecule has 1 saturated heterocycles. The van der Waals surface area contributed by atoms with Crippen LogP contribution in [0.1, 0.15) is 35.2 Å². The predicted molar refractivity (Wildman–Crippen MR) is 108 cm³/mol.